The Bertz CT molecular complexity index is 213. The Hall–Kier alpha value is 0.720. The van der Waals surface area contributed by atoms with E-state index >= 15 is 0 Å². The smallest absolute Gasteiger partial charge is 1.00 e. The molecule has 0 saturated heterocycles. The van der Waals surface area contributed by atoms with Crippen LogP contribution in [-0.2, 0) is 24.4 Å². The first-order chi connectivity index (χ1) is 4.49. The Morgan fingerprint density at radius 1 is 1.33 bits per heavy atom. The van der Waals surface area contributed by atoms with Gasteiger partial charge >= 0.3 is 71.2 Å². The fourth-order valence-corrected chi connectivity index (χ4v) is 1.86. The second-order valence-corrected chi connectivity index (χ2v) is 5.15. The van der Waals surface area contributed by atoms with Gasteiger partial charge in [-0.15, -0.1) is 0 Å². The zero-order valence-electron chi connectivity index (χ0n) is 5.75. The molecule has 0 radical (unpaired) electrons. The number of hydrogen-bond donors (Lipinski definition) is 0. The Morgan fingerprint density at radius 2 is 1.83 bits per heavy atom. The van der Waals surface area contributed by atoms with Gasteiger partial charge in [0.05, 0.1) is 0 Å². The molecule has 0 heterocycles. The molecule has 0 spiro atoms. The molecule has 1 atom stereocenters. The van der Waals surface area contributed by atoms with Crippen LogP contribution in [0.2, 0.25) is 0 Å². The molecule has 67 valence electrons. The molecule has 0 aromatic heterocycles. The quantitative estimate of drug-likeness (QED) is 0.379. The van der Waals surface area contributed by atoms with Gasteiger partial charge in [-0.3, -0.25) is 0 Å². The number of alkyl halides is 1. The fourth-order valence-electron chi connectivity index (χ4n) is 0.758. The monoisotopic (exact) mass is 383 g/mol. The summed E-state index contributed by atoms with van der Waals surface area (Å²) < 4.78 is 35.7. The first-order valence-electron chi connectivity index (χ1n) is 2.68. The maximum atomic E-state index is 12.8. The topological polar surface area (TPSA) is 0 Å². The SMILES string of the molecule is FC1=C[C](F)([Hf+2])CC(F)=C1.[Cl-].[Cl-]. The number of hydrogen-bond acceptors (Lipinski definition) is 0. The van der Waals surface area contributed by atoms with Gasteiger partial charge in [0.1, 0.15) is 0 Å². The van der Waals surface area contributed by atoms with Crippen LogP contribution in [0.15, 0.2) is 23.8 Å². The summed E-state index contributed by atoms with van der Waals surface area (Å²) in [7, 11) is 0. The van der Waals surface area contributed by atoms with Gasteiger partial charge in [0.2, 0.25) is 0 Å². The van der Waals surface area contributed by atoms with E-state index in [1.165, 1.54) is 0 Å². The maximum absolute atomic E-state index is 12.8. The van der Waals surface area contributed by atoms with Crippen LogP contribution in [0.1, 0.15) is 6.42 Å². The van der Waals surface area contributed by atoms with Crippen LogP contribution in [0.4, 0.5) is 13.2 Å². The average molecular weight is 382 g/mol. The third-order valence-electron chi connectivity index (χ3n) is 1.09. The third-order valence-corrected chi connectivity index (χ3v) is 2.24. The van der Waals surface area contributed by atoms with Gasteiger partial charge in [0.25, 0.3) is 0 Å². The molecule has 1 unspecified atom stereocenters. The molecular formula is C6H4Cl2F3Hf. The van der Waals surface area contributed by atoms with E-state index in [0.717, 1.165) is 12.2 Å². The third kappa shape index (κ3) is 4.67. The van der Waals surface area contributed by atoms with E-state index in [2.05, 4.69) is 0 Å². The molecule has 0 bridgehead atoms. The van der Waals surface area contributed by atoms with E-state index < -0.39 is 15.1 Å². The number of allylic oxidation sites excluding steroid dienone is 4. The summed E-state index contributed by atoms with van der Waals surface area (Å²) in [6, 6.07) is 0. The zero-order valence-corrected chi connectivity index (χ0v) is 10.9. The number of rotatable bonds is 0. The van der Waals surface area contributed by atoms with Gasteiger partial charge in [-0.2, -0.15) is 0 Å². The van der Waals surface area contributed by atoms with Crippen molar-refractivity contribution in [2.75, 3.05) is 0 Å². The molecule has 12 heavy (non-hydrogen) atoms. The predicted octanol–water partition coefficient (Wildman–Crippen LogP) is -3.68. The van der Waals surface area contributed by atoms with Crippen molar-refractivity contribution in [2.45, 2.75) is 9.85 Å². The molecule has 0 saturated carbocycles. The average Bonchev–Trinajstić information content (AvgIpc) is 1.54. The van der Waals surface area contributed by atoms with Crippen molar-refractivity contribution in [1.82, 2.24) is 0 Å². The van der Waals surface area contributed by atoms with Crippen molar-refractivity contribution < 1.29 is 62.4 Å². The second-order valence-electron chi connectivity index (χ2n) is 2.16. The van der Waals surface area contributed by atoms with Crippen LogP contribution in [0.5, 0.6) is 0 Å². The second kappa shape index (κ2) is 5.45. The first-order valence-corrected chi connectivity index (χ1v) is 4.48. The van der Waals surface area contributed by atoms with Gasteiger partial charge in [-0.25, -0.2) is 0 Å². The molecule has 0 aromatic rings. The first kappa shape index (κ1) is 15.2. The standard InChI is InChI=1S/C6H4F3.2ClH.Hf/c7-4-1-5(8)3-6(9)2-4;;;/h1-2H,3H2;2*1H;/q;;;+2/p-2. The Morgan fingerprint density at radius 3 is 2.17 bits per heavy atom. The number of halogens is 5. The van der Waals surface area contributed by atoms with Gasteiger partial charge < -0.3 is 24.8 Å². The molecule has 1 aliphatic rings. The fraction of sp³-hybridized carbons (Fsp3) is 0.333. The minimum absolute atomic E-state index is 0. The summed E-state index contributed by atoms with van der Waals surface area (Å²) >= 11 is 0.122. The predicted molar refractivity (Wildman–Crippen MR) is 26.8 cm³/mol. The minimum Gasteiger partial charge on any atom is -1.00 e. The molecule has 1 rings (SSSR count). The molecule has 0 aromatic carbocycles. The van der Waals surface area contributed by atoms with E-state index in [-0.39, 0.29) is 55.6 Å². The van der Waals surface area contributed by atoms with Crippen molar-refractivity contribution in [1.29, 1.82) is 0 Å². The van der Waals surface area contributed by atoms with Gasteiger partial charge in [0, 0.05) is 0 Å². The van der Waals surface area contributed by atoms with Crippen LogP contribution < -0.4 is 24.8 Å². The molecular weight excluding hydrogens is 378 g/mol. The van der Waals surface area contributed by atoms with Crippen LogP contribution >= 0.6 is 0 Å². The largest absolute Gasteiger partial charge is 1.00 e. The van der Waals surface area contributed by atoms with Crippen LogP contribution in [0.25, 0.3) is 0 Å². The molecule has 0 N–H and O–H groups in total. The van der Waals surface area contributed by atoms with Crippen molar-refractivity contribution in [3.05, 3.63) is 23.8 Å². The maximum Gasteiger partial charge on any atom is -1.00 e. The summed E-state index contributed by atoms with van der Waals surface area (Å²) in [6.45, 7) is 0. The van der Waals surface area contributed by atoms with E-state index in [1.54, 1.807) is 0 Å². The zero-order chi connectivity index (χ0) is 7.78. The minimum atomic E-state index is -1.72. The van der Waals surface area contributed by atoms with Crippen molar-refractivity contribution in [2.24, 2.45) is 0 Å². The molecule has 0 fully saturated rings. The van der Waals surface area contributed by atoms with E-state index in [0.29, 0.717) is 0 Å². The van der Waals surface area contributed by atoms with Crippen molar-refractivity contribution in [3.63, 3.8) is 0 Å². The summed E-state index contributed by atoms with van der Waals surface area (Å²) in [5, 5.41) is 0. The van der Waals surface area contributed by atoms with E-state index in [1.807, 2.05) is 0 Å². The van der Waals surface area contributed by atoms with E-state index in [4.69, 9.17) is 0 Å². The molecule has 6 heteroatoms. The molecule has 0 aliphatic heterocycles. The van der Waals surface area contributed by atoms with Gasteiger partial charge in [0.15, 0.2) is 0 Å². The summed E-state index contributed by atoms with van der Waals surface area (Å²) in [5.41, 5.74) is 0. The van der Waals surface area contributed by atoms with E-state index in [9.17, 15) is 13.2 Å². The normalized spacial score (nSPS) is 27.8. The molecule has 1 aliphatic carbocycles. The summed E-state index contributed by atoms with van der Waals surface area (Å²) in [6.07, 6.45) is 1.25. The van der Waals surface area contributed by atoms with Crippen LogP contribution in [0.3, 0.4) is 0 Å². The van der Waals surface area contributed by atoms with Crippen LogP contribution in [-0.4, -0.2) is 3.43 Å². The van der Waals surface area contributed by atoms with Crippen LogP contribution in [0, 0.1) is 0 Å². The molecule has 0 nitrogen and oxygen atoms in total. The Labute approximate surface area is 95.7 Å². The molecule has 0 amide bonds. The summed E-state index contributed by atoms with van der Waals surface area (Å²) in [5.74, 6) is -1.52. The van der Waals surface area contributed by atoms with Gasteiger partial charge in [-0.1, -0.05) is 0 Å². The van der Waals surface area contributed by atoms with Crippen molar-refractivity contribution >= 4 is 0 Å². The Balaban J connectivity index is 0. The Kier molecular flexibility index (Phi) is 6.91. The van der Waals surface area contributed by atoms with Crippen molar-refractivity contribution in [3.8, 4) is 0 Å². The van der Waals surface area contributed by atoms with Gasteiger partial charge in [-0.05, 0) is 0 Å². The summed E-state index contributed by atoms with van der Waals surface area (Å²) in [4.78, 5) is 0.